The van der Waals surface area contributed by atoms with Crippen molar-refractivity contribution in [3.8, 4) is 0 Å². The highest BCUT2D eigenvalue weighted by Gasteiger charge is 2.51. The van der Waals surface area contributed by atoms with Crippen LogP contribution in [0.2, 0.25) is 0 Å². The van der Waals surface area contributed by atoms with Crippen molar-refractivity contribution in [3.05, 3.63) is 35.6 Å². The Morgan fingerprint density at radius 1 is 1.05 bits per heavy atom. The number of rotatable bonds is 4. The lowest BCUT2D eigenvalue weighted by atomic mass is 9.48. The largest absolute Gasteiger partial charge is 0.207 e. The summed E-state index contributed by atoms with van der Waals surface area (Å²) >= 11 is 3.87. The van der Waals surface area contributed by atoms with E-state index in [9.17, 15) is 4.39 Å². The summed E-state index contributed by atoms with van der Waals surface area (Å²) in [4.78, 5) is 0.422. The van der Waals surface area contributed by atoms with Crippen molar-refractivity contribution in [1.82, 2.24) is 0 Å². The number of hydrogen-bond acceptors (Lipinski definition) is 0. The van der Waals surface area contributed by atoms with Gasteiger partial charge in [0, 0.05) is 4.83 Å². The molecule has 0 aliphatic heterocycles. The Labute approximate surface area is 135 Å². The lowest BCUT2D eigenvalue weighted by molar-refractivity contribution is -0.0569. The Hall–Kier alpha value is -0.370. The number of alkyl halides is 1. The van der Waals surface area contributed by atoms with Crippen LogP contribution in [0.5, 0.6) is 0 Å². The van der Waals surface area contributed by atoms with Gasteiger partial charge >= 0.3 is 0 Å². The molecule has 21 heavy (non-hydrogen) atoms. The second-order valence-corrected chi connectivity index (χ2v) is 9.31. The van der Waals surface area contributed by atoms with E-state index in [1.54, 1.807) is 12.1 Å². The molecule has 0 spiro atoms. The minimum absolute atomic E-state index is 0.0486. The Morgan fingerprint density at radius 3 is 2.19 bits per heavy atom. The summed E-state index contributed by atoms with van der Waals surface area (Å²) < 4.78 is 13.8. The molecule has 0 amide bonds. The fraction of sp³-hybridized carbons (Fsp3) is 0.684. The fourth-order valence-electron chi connectivity index (χ4n) is 5.98. The highest BCUT2D eigenvalue weighted by molar-refractivity contribution is 9.09. The van der Waals surface area contributed by atoms with Crippen molar-refractivity contribution in [3.63, 3.8) is 0 Å². The van der Waals surface area contributed by atoms with E-state index in [1.807, 2.05) is 12.1 Å². The van der Waals surface area contributed by atoms with Crippen LogP contribution in [0.1, 0.15) is 50.5 Å². The molecule has 4 bridgehead atoms. The van der Waals surface area contributed by atoms with Crippen molar-refractivity contribution in [1.29, 1.82) is 0 Å². The molecule has 4 aliphatic carbocycles. The lowest BCUT2D eigenvalue weighted by Crippen LogP contribution is -2.47. The van der Waals surface area contributed by atoms with Crippen molar-refractivity contribution in [2.24, 2.45) is 23.2 Å². The summed E-state index contributed by atoms with van der Waals surface area (Å²) in [6, 6.07) is 7.24. The van der Waals surface area contributed by atoms with Gasteiger partial charge in [0.15, 0.2) is 0 Å². The van der Waals surface area contributed by atoms with Crippen LogP contribution in [-0.2, 0) is 6.42 Å². The molecule has 1 unspecified atom stereocenters. The molecular formula is C19H24BrF. The molecule has 2 heteroatoms. The zero-order valence-corrected chi connectivity index (χ0v) is 14.1. The van der Waals surface area contributed by atoms with Crippen LogP contribution < -0.4 is 0 Å². The molecule has 1 atom stereocenters. The van der Waals surface area contributed by atoms with E-state index in [4.69, 9.17) is 0 Å². The van der Waals surface area contributed by atoms with E-state index in [2.05, 4.69) is 15.9 Å². The van der Waals surface area contributed by atoms with Crippen LogP contribution in [0.4, 0.5) is 4.39 Å². The SMILES string of the molecule is Fc1ccccc1CC(Br)CC12CC3CC(CC(C3)C1)C2. The third-order valence-electron chi connectivity index (χ3n) is 6.22. The van der Waals surface area contributed by atoms with E-state index in [0.29, 0.717) is 10.2 Å². The zero-order chi connectivity index (χ0) is 14.4. The maximum Gasteiger partial charge on any atom is 0.126 e. The highest BCUT2D eigenvalue weighted by Crippen LogP contribution is 2.62. The van der Waals surface area contributed by atoms with Gasteiger partial charge in [0.1, 0.15) is 5.82 Å². The molecule has 114 valence electrons. The first-order chi connectivity index (χ1) is 10.1. The quantitative estimate of drug-likeness (QED) is 0.607. The van der Waals surface area contributed by atoms with E-state index >= 15 is 0 Å². The minimum Gasteiger partial charge on any atom is -0.207 e. The molecule has 0 N–H and O–H groups in total. The molecule has 0 saturated heterocycles. The minimum atomic E-state index is -0.0486. The highest BCUT2D eigenvalue weighted by atomic mass is 79.9. The Kier molecular flexibility index (Phi) is 3.64. The molecule has 0 aromatic heterocycles. The Morgan fingerprint density at radius 2 is 1.62 bits per heavy atom. The number of benzene rings is 1. The van der Waals surface area contributed by atoms with Gasteiger partial charge in [-0.3, -0.25) is 0 Å². The van der Waals surface area contributed by atoms with Gasteiger partial charge in [-0.15, -0.1) is 0 Å². The summed E-state index contributed by atoms with van der Waals surface area (Å²) in [7, 11) is 0. The van der Waals surface area contributed by atoms with Gasteiger partial charge in [-0.2, -0.15) is 0 Å². The summed E-state index contributed by atoms with van der Waals surface area (Å²) in [5, 5.41) is 0. The average molecular weight is 351 g/mol. The number of hydrogen-bond donors (Lipinski definition) is 0. The first-order valence-corrected chi connectivity index (χ1v) is 9.41. The third kappa shape index (κ3) is 2.81. The molecule has 0 nitrogen and oxygen atoms in total. The van der Waals surface area contributed by atoms with Crippen molar-refractivity contribution in [2.45, 2.75) is 56.2 Å². The molecule has 0 radical (unpaired) electrons. The smallest absolute Gasteiger partial charge is 0.126 e. The zero-order valence-electron chi connectivity index (χ0n) is 12.5. The molecule has 4 saturated carbocycles. The van der Waals surface area contributed by atoms with E-state index in [1.165, 1.54) is 44.9 Å². The lowest BCUT2D eigenvalue weighted by Gasteiger charge is -2.57. The van der Waals surface area contributed by atoms with Crippen LogP contribution in [0, 0.1) is 29.0 Å². The topological polar surface area (TPSA) is 0 Å². The van der Waals surface area contributed by atoms with Crippen molar-refractivity contribution >= 4 is 15.9 Å². The second-order valence-electron chi connectivity index (χ2n) is 8.01. The van der Waals surface area contributed by atoms with Crippen LogP contribution in [0.3, 0.4) is 0 Å². The number of halogens is 2. The van der Waals surface area contributed by atoms with Crippen LogP contribution in [0.15, 0.2) is 24.3 Å². The van der Waals surface area contributed by atoms with Crippen LogP contribution in [-0.4, -0.2) is 4.83 Å². The molecular weight excluding hydrogens is 327 g/mol. The molecule has 5 rings (SSSR count). The normalized spacial score (nSPS) is 38.7. The second kappa shape index (κ2) is 5.37. The predicted octanol–water partition coefficient (Wildman–Crippen LogP) is 5.74. The molecule has 1 aromatic rings. The summed E-state index contributed by atoms with van der Waals surface area (Å²) in [5.41, 5.74) is 1.44. The Balaban J connectivity index is 1.45. The van der Waals surface area contributed by atoms with Gasteiger partial charge in [-0.05, 0) is 86.2 Å². The van der Waals surface area contributed by atoms with Gasteiger partial charge in [0.25, 0.3) is 0 Å². The van der Waals surface area contributed by atoms with Crippen LogP contribution in [0.25, 0.3) is 0 Å². The maximum atomic E-state index is 13.8. The van der Waals surface area contributed by atoms with E-state index in [0.717, 1.165) is 29.7 Å². The fourth-order valence-corrected chi connectivity index (χ4v) is 7.02. The molecule has 0 heterocycles. The van der Waals surface area contributed by atoms with Crippen molar-refractivity contribution < 1.29 is 4.39 Å². The molecule has 4 fully saturated rings. The molecule has 1 aromatic carbocycles. The van der Waals surface area contributed by atoms with Crippen molar-refractivity contribution in [2.75, 3.05) is 0 Å². The Bertz CT molecular complexity index is 489. The van der Waals surface area contributed by atoms with Gasteiger partial charge in [-0.1, -0.05) is 34.1 Å². The van der Waals surface area contributed by atoms with Gasteiger partial charge in [0.2, 0.25) is 0 Å². The predicted molar refractivity (Wildman–Crippen MR) is 88.0 cm³/mol. The van der Waals surface area contributed by atoms with Gasteiger partial charge < -0.3 is 0 Å². The van der Waals surface area contributed by atoms with E-state index in [-0.39, 0.29) is 5.82 Å². The summed E-state index contributed by atoms with van der Waals surface area (Å²) in [6.45, 7) is 0. The average Bonchev–Trinajstić information content (AvgIpc) is 2.39. The first kappa shape index (κ1) is 14.2. The summed E-state index contributed by atoms with van der Waals surface area (Å²) in [5.74, 6) is 2.96. The standard InChI is InChI=1S/C19H24BrF/c20-17(8-16-3-1-2-4-18(16)21)12-19-9-13-5-14(10-19)7-15(6-13)11-19/h1-4,13-15,17H,5-12H2. The van der Waals surface area contributed by atoms with Crippen LogP contribution >= 0.6 is 15.9 Å². The van der Waals surface area contributed by atoms with Gasteiger partial charge in [-0.25, -0.2) is 4.39 Å². The van der Waals surface area contributed by atoms with E-state index < -0.39 is 0 Å². The molecule has 4 aliphatic rings. The van der Waals surface area contributed by atoms with Gasteiger partial charge in [0.05, 0.1) is 0 Å². The first-order valence-electron chi connectivity index (χ1n) is 8.49. The third-order valence-corrected chi connectivity index (χ3v) is 6.87. The maximum absolute atomic E-state index is 13.8. The monoisotopic (exact) mass is 350 g/mol. The summed E-state index contributed by atoms with van der Waals surface area (Å²) in [6.07, 6.45) is 10.9.